The Morgan fingerprint density at radius 2 is 2.00 bits per heavy atom. The Hall–Kier alpha value is -4.32. The third-order valence-corrected chi connectivity index (χ3v) is 6.64. The van der Waals surface area contributed by atoms with Crippen LogP contribution in [0.4, 0.5) is 5.95 Å². The van der Waals surface area contributed by atoms with Crippen molar-refractivity contribution in [3.63, 3.8) is 0 Å². The molecular weight excluding hydrogens is 484 g/mol. The molecule has 2 amide bonds. The number of methoxy groups -OCH3 is 1. The molecule has 1 fully saturated rings. The van der Waals surface area contributed by atoms with Crippen LogP contribution in [0, 0.1) is 0 Å². The topological polar surface area (TPSA) is 135 Å². The van der Waals surface area contributed by atoms with Gasteiger partial charge in [-0.2, -0.15) is 10.8 Å². The van der Waals surface area contributed by atoms with Crippen LogP contribution in [-0.4, -0.2) is 69.6 Å². The second-order valence-electron chi connectivity index (χ2n) is 9.06. The zero-order chi connectivity index (χ0) is 26.5. The Kier molecular flexibility index (Phi) is 7.31. The molecule has 3 N–H and O–H groups in total. The number of nitrogens with two attached hydrogens (primary N) is 1. The number of piperidine rings is 1. The van der Waals surface area contributed by atoms with E-state index in [1.165, 1.54) is 0 Å². The summed E-state index contributed by atoms with van der Waals surface area (Å²) in [5, 5.41) is 2.68. The number of quaternary nitrogens is 1. The number of hydrogen-bond donors (Lipinski definition) is 2. The van der Waals surface area contributed by atoms with E-state index in [2.05, 4.69) is 20.3 Å². The van der Waals surface area contributed by atoms with Gasteiger partial charge in [0.15, 0.2) is 0 Å². The van der Waals surface area contributed by atoms with Gasteiger partial charge in [0.05, 0.1) is 30.6 Å². The minimum Gasteiger partial charge on any atom is -0.381 e. The van der Waals surface area contributed by atoms with Crippen molar-refractivity contribution in [2.75, 3.05) is 25.6 Å². The van der Waals surface area contributed by atoms with Crippen LogP contribution >= 0.6 is 0 Å². The van der Waals surface area contributed by atoms with Crippen LogP contribution in [0.15, 0.2) is 88.7 Å². The second kappa shape index (κ2) is 11.0. The van der Waals surface area contributed by atoms with E-state index in [4.69, 9.17) is 15.6 Å². The quantitative estimate of drug-likeness (QED) is 0.332. The monoisotopic (exact) mass is 513 g/mol. The lowest BCUT2D eigenvalue weighted by atomic mass is 9.98. The number of likely N-dealkylation sites (tertiary alicyclic amines) is 1. The molecule has 194 valence electrons. The van der Waals surface area contributed by atoms with E-state index in [9.17, 15) is 9.59 Å². The molecule has 1 aromatic carbocycles. The third kappa shape index (κ3) is 4.94. The highest BCUT2D eigenvalue weighted by atomic mass is 16.5. The molecule has 11 heteroatoms. The number of benzene rings is 1. The van der Waals surface area contributed by atoms with Gasteiger partial charge in [0, 0.05) is 37.7 Å². The molecule has 0 aliphatic carbocycles. The van der Waals surface area contributed by atoms with Gasteiger partial charge in [-0.05, 0) is 49.6 Å². The Labute approximate surface area is 220 Å². The standard InChI is InChI=1S/C27H28N8O3/c1-38-17-4-7-23(36)34-15-3-2-6-21(34)24-22-18-29-14-16-35(22,28)25(32-24)19-8-10-20(11-9-19)26(37)33-27-30-12-5-13-31-27/h4-5,7-14,16,18,21H,2-3,6,15,17,28H2,1H3/p+1/b7-4+. The summed E-state index contributed by atoms with van der Waals surface area (Å²) in [4.78, 5) is 44.9. The molecule has 4 heterocycles. The zero-order valence-electron chi connectivity index (χ0n) is 21.0. The predicted octanol–water partition coefficient (Wildman–Crippen LogP) is 2.53. The van der Waals surface area contributed by atoms with Crippen molar-refractivity contribution in [3.8, 4) is 0 Å². The van der Waals surface area contributed by atoms with Crippen LogP contribution in [0.5, 0.6) is 0 Å². The number of amides is 2. The normalized spacial score (nSPS) is 22.5. The molecule has 38 heavy (non-hydrogen) atoms. The van der Waals surface area contributed by atoms with E-state index in [1.54, 1.807) is 68.5 Å². The molecule has 3 aliphatic rings. The summed E-state index contributed by atoms with van der Waals surface area (Å²) in [6, 6.07) is 8.48. The lowest BCUT2D eigenvalue weighted by molar-refractivity contribution is -0.750. The van der Waals surface area contributed by atoms with Crippen molar-refractivity contribution in [2.45, 2.75) is 25.3 Å². The van der Waals surface area contributed by atoms with Crippen LogP contribution < -0.4 is 11.2 Å². The summed E-state index contributed by atoms with van der Waals surface area (Å²) in [7, 11) is 1.59. The molecule has 5 rings (SSSR count). The maximum Gasteiger partial charge on any atom is 0.264 e. The maximum atomic E-state index is 13.0. The number of nitrogens with one attached hydrogen (secondary N) is 1. The first kappa shape index (κ1) is 25.3. The highest BCUT2D eigenvalue weighted by Gasteiger charge is 2.47. The summed E-state index contributed by atoms with van der Waals surface area (Å²) in [5.41, 5.74) is 2.64. The molecule has 0 bridgehead atoms. The number of fused-ring (bicyclic) bond motifs is 1. The first-order valence-corrected chi connectivity index (χ1v) is 12.4. The van der Waals surface area contributed by atoms with E-state index in [1.807, 2.05) is 17.0 Å². The van der Waals surface area contributed by atoms with Crippen LogP contribution in [0.2, 0.25) is 0 Å². The Morgan fingerprint density at radius 1 is 1.21 bits per heavy atom. The molecule has 11 nitrogen and oxygen atoms in total. The van der Waals surface area contributed by atoms with Gasteiger partial charge in [0.1, 0.15) is 11.9 Å². The number of rotatable bonds is 7. The van der Waals surface area contributed by atoms with Crippen LogP contribution in [-0.2, 0) is 9.53 Å². The van der Waals surface area contributed by atoms with E-state index in [-0.39, 0.29) is 28.4 Å². The summed E-state index contributed by atoms with van der Waals surface area (Å²) < 4.78 is 4.88. The third-order valence-electron chi connectivity index (χ3n) is 6.64. The number of aliphatic imine (C=N–C) groups is 2. The summed E-state index contributed by atoms with van der Waals surface area (Å²) >= 11 is 0. The number of aromatic nitrogens is 2. The molecule has 0 spiro atoms. The number of amidine groups is 1. The molecule has 2 atom stereocenters. The minimum atomic E-state index is -0.324. The molecule has 1 aromatic heterocycles. The van der Waals surface area contributed by atoms with E-state index in [0.717, 1.165) is 36.2 Å². The van der Waals surface area contributed by atoms with Crippen LogP contribution in [0.25, 0.3) is 0 Å². The van der Waals surface area contributed by atoms with Gasteiger partial charge in [0.2, 0.25) is 17.6 Å². The molecule has 3 aliphatic heterocycles. The van der Waals surface area contributed by atoms with Gasteiger partial charge in [-0.1, -0.05) is 6.08 Å². The fourth-order valence-electron chi connectivity index (χ4n) is 4.78. The Balaban J connectivity index is 1.44. The van der Waals surface area contributed by atoms with E-state index < -0.39 is 0 Å². The molecular formula is C27H29N8O3+. The number of allylic oxidation sites excluding steroid dienone is 1. The molecule has 2 aromatic rings. The highest BCUT2D eigenvalue weighted by Crippen LogP contribution is 2.36. The summed E-state index contributed by atoms with van der Waals surface area (Å²) in [5.74, 6) is 7.31. The number of carbonyl (C=O) groups is 2. The lowest BCUT2D eigenvalue weighted by Crippen LogP contribution is -2.53. The molecule has 0 saturated carbocycles. The highest BCUT2D eigenvalue weighted by molar-refractivity contribution is 6.05. The van der Waals surface area contributed by atoms with Crippen molar-refractivity contribution < 1.29 is 18.9 Å². The first-order chi connectivity index (χ1) is 18.5. The van der Waals surface area contributed by atoms with Gasteiger partial charge in [-0.25, -0.2) is 9.97 Å². The van der Waals surface area contributed by atoms with Crippen LogP contribution in [0.1, 0.15) is 35.2 Å². The molecule has 2 unspecified atom stereocenters. The van der Waals surface area contributed by atoms with Crippen molar-refractivity contribution in [3.05, 3.63) is 89.8 Å². The van der Waals surface area contributed by atoms with Crippen molar-refractivity contribution in [2.24, 2.45) is 15.8 Å². The molecule has 1 saturated heterocycles. The Bertz CT molecular complexity index is 1360. The lowest BCUT2D eigenvalue weighted by Gasteiger charge is -2.35. The van der Waals surface area contributed by atoms with Gasteiger partial charge in [-0.15, -0.1) is 4.59 Å². The van der Waals surface area contributed by atoms with Gasteiger partial charge < -0.3 is 9.64 Å². The van der Waals surface area contributed by atoms with E-state index >= 15 is 0 Å². The number of ether oxygens (including phenoxy) is 1. The summed E-state index contributed by atoms with van der Waals surface area (Å²) in [6.07, 6.45) is 14.2. The maximum absolute atomic E-state index is 13.0. The van der Waals surface area contributed by atoms with Crippen LogP contribution in [0.3, 0.4) is 0 Å². The SMILES string of the molecule is COC/C=C/C(=O)N1CCCCC1C1=C2C=NC=C[N+]2(N)C(c2ccc(C(=O)Nc3ncccn3)cc2)=N1. The smallest absolute Gasteiger partial charge is 0.264 e. The molecule has 0 radical (unpaired) electrons. The largest absolute Gasteiger partial charge is 0.381 e. The van der Waals surface area contributed by atoms with Crippen molar-refractivity contribution in [1.29, 1.82) is 0 Å². The number of anilines is 1. The van der Waals surface area contributed by atoms with Crippen molar-refractivity contribution >= 4 is 29.8 Å². The average Bonchev–Trinajstić information content (AvgIpc) is 3.26. The predicted molar refractivity (Wildman–Crippen MR) is 142 cm³/mol. The van der Waals surface area contributed by atoms with Gasteiger partial charge in [0.25, 0.3) is 11.7 Å². The average molecular weight is 514 g/mol. The van der Waals surface area contributed by atoms with Gasteiger partial charge in [-0.3, -0.25) is 19.9 Å². The van der Waals surface area contributed by atoms with Crippen molar-refractivity contribution in [1.82, 2.24) is 14.9 Å². The Morgan fingerprint density at radius 3 is 2.76 bits per heavy atom. The minimum absolute atomic E-state index is 0.0836. The fourth-order valence-corrected chi connectivity index (χ4v) is 4.78. The summed E-state index contributed by atoms with van der Waals surface area (Å²) in [6.45, 7) is 1.00. The zero-order valence-corrected chi connectivity index (χ0v) is 21.0. The van der Waals surface area contributed by atoms with E-state index in [0.29, 0.717) is 24.6 Å². The fraction of sp³-hybridized carbons (Fsp3) is 0.259. The number of carbonyl (C=O) groups excluding carboxylic acids is 2. The first-order valence-electron chi connectivity index (χ1n) is 12.4. The van der Waals surface area contributed by atoms with Gasteiger partial charge >= 0.3 is 0 Å². The second-order valence-corrected chi connectivity index (χ2v) is 9.06. The number of hydrogen-bond acceptors (Lipinski definition) is 8. The number of nitrogens with zero attached hydrogens (tertiary/aromatic N) is 6.